The topological polar surface area (TPSA) is 130 Å². The maximum atomic E-state index is 12.6. The summed E-state index contributed by atoms with van der Waals surface area (Å²) in [4.78, 5) is 44.7. The summed E-state index contributed by atoms with van der Waals surface area (Å²) >= 11 is 0. The van der Waals surface area contributed by atoms with Crippen LogP contribution < -0.4 is 0 Å². The zero-order valence-electron chi connectivity index (χ0n) is 12.3. The highest BCUT2D eigenvalue weighted by atomic mass is 16.6. The lowest BCUT2D eigenvalue weighted by molar-refractivity contribution is -0.385. The number of benzene rings is 2. The number of hydrogen-bond acceptors (Lipinski definition) is 7. The average Bonchev–Trinajstić information content (AvgIpc) is 2.59. The summed E-state index contributed by atoms with van der Waals surface area (Å²) in [5, 5.41) is 21.7. The molecular weight excluding hydrogens is 320 g/mol. The third-order valence-corrected chi connectivity index (χ3v) is 3.18. The van der Waals surface area contributed by atoms with E-state index < -0.39 is 27.3 Å². The van der Waals surface area contributed by atoms with Crippen molar-refractivity contribution in [3.05, 3.63) is 79.4 Å². The number of ether oxygens (including phenoxy) is 1. The number of non-ortho nitro benzene ring substituents is 2. The Balaban J connectivity index is 2.60. The van der Waals surface area contributed by atoms with Crippen LogP contribution in [0.4, 0.5) is 11.4 Å². The summed E-state index contributed by atoms with van der Waals surface area (Å²) in [6, 6.07) is 7.96. The smallest absolute Gasteiger partial charge is 0.338 e. The largest absolute Gasteiger partial charge is 0.465 e. The maximum absolute atomic E-state index is 12.6. The van der Waals surface area contributed by atoms with Crippen molar-refractivity contribution in [2.45, 2.75) is 0 Å². The van der Waals surface area contributed by atoms with Gasteiger partial charge in [0.1, 0.15) is 0 Å². The van der Waals surface area contributed by atoms with Crippen LogP contribution >= 0.6 is 0 Å². The Hall–Kier alpha value is -3.62. The molecule has 0 fully saturated rings. The highest BCUT2D eigenvalue weighted by Gasteiger charge is 2.23. The van der Waals surface area contributed by atoms with Crippen molar-refractivity contribution in [2.75, 3.05) is 7.11 Å². The first kappa shape index (κ1) is 16.7. The Labute approximate surface area is 134 Å². The zero-order chi connectivity index (χ0) is 17.9. The SMILES string of the molecule is COC(=O)c1ccc([N+](=O)[O-])cc1C(=O)c1cccc([N+](=O)[O-])c1. The summed E-state index contributed by atoms with van der Waals surface area (Å²) in [6.07, 6.45) is 0. The first-order valence-electron chi connectivity index (χ1n) is 6.51. The molecule has 2 aromatic rings. The molecular formula is C15H10N2O7. The second-order valence-corrected chi connectivity index (χ2v) is 4.62. The van der Waals surface area contributed by atoms with Crippen molar-refractivity contribution < 1.29 is 24.2 Å². The van der Waals surface area contributed by atoms with Gasteiger partial charge in [-0.05, 0) is 6.07 Å². The second-order valence-electron chi connectivity index (χ2n) is 4.62. The second kappa shape index (κ2) is 6.65. The number of nitro benzene ring substituents is 2. The van der Waals surface area contributed by atoms with E-state index in [1.807, 2.05) is 0 Å². The van der Waals surface area contributed by atoms with E-state index in [2.05, 4.69) is 4.74 Å². The van der Waals surface area contributed by atoms with E-state index in [1.54, 1.807) is 0 Å². The standard InChI is InChI=1S/C15H10N2O7/c1-24-15(19)12-6-5-11(17(22)23)8-13(12)14(18)9-3-2-4-10(7-9)16(20)21/h2-8H,1H3. The number of nitro groups is 2. The third-order valence-electron chi connectivity index (χ3n) is 3.18. The van der Waals surface area contributed by atoms with Gasteiger partial charge in [-0.25, -0.2) is 4.79 Å². The molecule has 122 valence electrons. The molecule has 0 N–H and O–H groups in total. The van der Waals surface area contributed by atoms with Crippen LogP contribution in [0.25, 0.3) is 0 Å². The Morgan fingerprint density at radius 1 is 0.917 bits per heavy atom. The number of nitrogens with zero attached hydrogens (tertiary/aromatic N) is 2. The molecule has 0 heterocycles. The Kier molecular flexibility index (Phi) is 4.64. The average molecular weight is 330 g/mol. The molecule has 9 nitrogen and oxygen atoms in total. The lowest BCUT2D eigenvalue weighted by Gasteiger charge is -2.07. The van der Waals surface area contributed by atoms with Crippen LogP contribution in [0.2, 0.25) is 0 Å². The van der Waals surface area contributed by atoms with Crippen LogP contribution in [0.1, 0.15) is 26.3 Å². The van der Waals surface area contributed by atoms with Gasteiger partial charge in [0, 0.05) is 35.4 Å². The molecule has 0 radical (unpaired) electrons. The van der Waals surface area contributed by atoms with E-state index in [4.69, 9.17) is 0 Å². The number of hydrogen-bond donors (Lipinski definition) is 0. The molecule has 2 aromatic carbocycles. The third kappa shape index (κ3) is 3.24. The maximum Gasteiger partial charge on any atom is 0.338 e. The van der Waals surface area contributed by atoms with Crippen molar-refractivity contribution in [2.24, 2.45) is 0 Å². The fourth-order valence-electron chi connectivity index (χ4n) is 2.04. The van der Waals surface area contributed by atoms with Crippen molar-refractivity contribution in [1.29, 1.82) is 0 Å². The zero-order valence-corrected chi connectivity index (χ0v) is 12.3. The van der Waals surface area contributed by atoms with Gasteiger partial charge in [-0.3, -0.25) is 25.0 Å². The van der Waals surface area contributed by atoms with Gasteiger partial charge in [0.2, 0.25) is 0 Å². The van der Waals surface area contributed by atoms with E-state index in [1.165, 1.54) is 18.2 Å². The van der Waals surface area contributed by atoms with Crippen molar-refractivity contribution in [3.8, 4) is 0 Å². The van der Waals surface area contributed by atoms with Gasteiger partial charge in [0.25, 0.3) is 11.4 Å². The van der Waals surface area contributed by atoms with Crippen LogP contribution in [0, 0.1) is 20.2 Å². The minimum Gasteiger partial charge on any atom is -0.465 e. The van der Waals surface area contributed by atoms with Crippen molar-refractivity contribution >= 4 is 23.1 Å². The van der Waals surface area contributed by atoms with E-state index in [9.17, 15) is 29.8 Å². The monoisotopic (exact) mass is 330 g/mol. The quantitative estimate of drug-likeness (QED) is 0.356. The van der Waals surface area contributed by atoms with E-state index in [0.717, 1.165) is 31.4 Å². The summed E-state index contributed by atoms with van der Waals surface area (Å²) < 4.78 is 4.56. The number of ketones is 1. The molecule has 2 rings (SSSR count). The number of esters is 1. The van der Waals surface area contributed by atoms with Gasteiger partial charge in [0.15, 0.2) is 5.78 Å². The predicted octanol–water partition coefficient (Wildman–Crippen LogP) is 2.52. The normalized spacial score (nSPS) is 10.0. The fourth-order valence-corrected chi connectivity index (χ4v) is 2.04. The predicted molar refractivity (Wildman–Crippen MR) is 81.0 cm³/mol. The molecule has 0 bridgehead atoms. The van der Waals surface area contributed by atoms with Gasteiger partial charge in [-0.1, -0.05) is 12.1 Å². The molecule has 0 aliphatic heterocycles. The minimum absolute atomic E-state index is 0.0742. The van der Waals surface area contributed by atoms with Crippen molar-refractivity contribution in [3.63, 3.8) is 0 Å². The van der Waals surface area contributed by atoms with Gasteiger partial charge >= 0.3 is 5.97 Å². The molecule has 0 aliphatic rings. The summed E-state index contributed by atoms with van der Waals surface area (Å²) in [5.74, 6) is -1.61. The Bertz CT molecular complexity index is 861. The summed E-state index contributed by atoms with van der Waals surface area (Å²) in [7, 11) is 1.10. The Morgan fingerprint density at radius 2 is 1.54 bits per heavy atom. The van der Waals surface area contributed by atoms with E-state index in [0.29, 0.717) is 0 Å². The highest BCUT2D eigenvalue weighted by molar-refractivity contribution is 6.15. The summed E-state index contributed by atoms with van der Waals surface area (Å²) in [5.41, 5.74) is -1.21. The molecule has 24 heavy (non-hydrogen) atoms. The fraction of sp³-hybridized carbons (Fsp3) is 0.0667. The van der Waals surface area contributed by atoms with Crippen molar-refractivity contribution in [1.82, 2.24) is 0 Å². The minimum atomic E-state index is -0.848. The molecule has 0 saturated heterocycles. The van der Waals surface area contributed by atoms with Crippen LogP contribution in [-0.4, -0.2) is 28.7 Å². The van der Waals surface area contributed by atoms with E-state index in [-0.39, 0.29) is 22.4 Å². The number of methoxy groups -OCH3 is 1. The van der Waals surface area contributed by atoms with Gasteiger partial charge in [-0.2, -0.15) is 0 Å². The summed E-state index contributed by atoms with van der Waals surface area (Å²) in [6.45, 7) is 0. The first-order valence-corrected chi connectivity index (χ1v) is 6.51. The van der Waals surface area contributed by atoms with Crippen LogP contribution in [-0.2, 0) is 4.74 Å². The lowest BCUT2D eigenvalue weighted by Crippen LogP contribution is -2.12. The molecule has 0 spiro atoms. The van der Waals surface area contributed by atoms with Crippen LogP contribution in [0.15, 0.2) is 42.5 Å². The highest BCUT2D eigenvalue weighted by Crippen LogP contribution is 2.23. The number of carbonyl (C=O) groups is 2. The van der Waals surface area contributed by atoms with Gasteiger partial charge < -0.3 is 4.74 Å². The Morgan fingerprint density at radius 3 is 2.12 bits per heavy atom. The molecule has 0 aromatic heterocycles. The van der Waals surface area contributed by atoms with Gasteiger partial charge in [-0.15, -0.1) is 0 Å². The lowest BCUT2D eigenvalue weighted by atomic mass is 9.97. The number of carbonyl (C=O) groups excluding carboxylic acids is 2. The number of rotatable bonds is 5. The van der Waals surface area contributed by atoms with Crippen LogP contribution in [0.5, 0.6) is 0 Å². The molecule has 0 atom stereocenters. The van der Waals surface area contributed by atoms with Gasteiger partial charge in [0.05, 0.1) is 22.5 Å². The van der Waals surface area contributed by atoms with Crippen LogP contribution in [0.3, 0.4) is 0 Å². The molecule has 0 aliphatic carbocycles. The molecule has 0 amide bonds. The molecule has 0 saturated carbocycles. The first-order chi connectivity index (χ1) is 11.3. The molecule has 0 unspecified atom stereocenters. The van der Waals surface area contributed by atoms with E-state index >= 15 is 0 Å². The molecule has 9 heteroatoms.